The maximum Gasteiger partial charge on any atom is 0.183 e. The fourth-order valence-corrected chi connectivity index (χ4v) is 4.22. The zero-order valence-electron chi connectivity index (χ0n) is 16.0. The second-order valence-electron chi connectivity index (χ2n) is 7.53. The number of nitrogens with zero attached hydrogens (tertiary/aromatic N) is 5. The Bertz CT molecular complexity index is 871. The van der Waals surface area contributed by atoms with Crippen LogP contribution in [0.1, 0.15) is 24.8 Å². The summed E-state index contributed by atoms with van der Waals surface area (Å²) in [7, 11) is 0. The molecule has 6 heteroatoms. The Morgan fingerprint density at radius 3 is 2.46 bits per heavy atom. The SMILES string of the molecule is Clc1ccccc1-c1nnnn1CCCN1CCC(Cc2ccccc2)CC1. The molecule has 0 bridgehead atoms. The summed E-state index contributed by atoms with van der Waals surface area (Å²) >= 11 is 6.30. The summed E-state index contributed by atoms with van der Waals surface area (Å²) in [5.74, 6) is 1.55. The third-order valence-corrected chi connectivity index (χ3v) is 5.89. The standard InChI is InChI=1S/C22H26ClN5/c23-21-10-5-4-9-20(21)22-24-25-26-28(22)14-6-13-27-15-11-19(12-16-27)17-18-7-2-1-3-8-18/h1-5,7-10,19H,6,11-17H2. The van der Waals surface area contributed by atoms with Gasteiger partial charge >= 0.3 is 0 Å². The monoisotopic (exact) mass is 395 g/mol. The van der Waals surface area contributed by atoms with E-state index in [2.05, 4.69) is 50.8 Å². The summed E-state index contributed by atoms with van der Waals surface area (Å²) in [4.78, 5) is 2.57. The molecule has 28 heavy (non-hydrogen) atoms. The molecule has 2 heterocycles. The van der Waals surface area contributed by atoms with E-state index in [1.165, 1.54) is 37.9 Å². The van der Waals surface area contributed by atoms with Crippen molar-refractivity contribution in [3.05, 3.63) is 65.2 Å². The lowest BCUT2D eigenvalue weighted by atomic mass is 9.90. The normalized spacial score (nSPS) is 15.8. The Hall–Kier alpha value is -2.24. The Morgan fingerprint density at radius 2 is 1.68 bits per heavy atom. The number of halogens is 1. The molecule has 0 radical (unpaired) electrons. The van der Waals surface area contributed by atoms with Crippen LogP contribution in [0.4, 0.5) is 0 Å². The van der Waals surface area contributed by atoms with Crippen molar-refractivity contribution in [1.82, 2.24) is 25.1 Å². The smallest absolute Gasteiger partial charge is 0.183 e. The number of rotatable bonds is 7. The molecule has 1 saturated heterocycles. The Balaban J connectivity index is 1.24. The topological polar surface area (TPSA) is 46.8 Å². The summed E-state index contributed by atoms with van der Waals surface area (Å²) in [5, 5.41) is 12.8. The molecule has 0 aliphatic carbocycles. The van der Waals surface area contributed by atoms with Gasteiger partial charge in [-0.2, -0.15) is 0 Å². The van der Waals surface area contributed by atoms with Crippen molar-refractivity contribution in [2.24, 2.45) is 5.92 Å². The zero-order valence-corrected chi connectivity index (χ0v) is 16.8. The summed E-state index contributed by atoms with van der Waals surface area (Å²) in [6, 6.07) is 18.6. The van der Waals surface area contributed by atoms with Crippen molar-refractivity contribution in [3.63, 3.8) is 0 Å². The number of likely N-dealkylation sites (tertiary alicyclic amines) is 1. The van der Waals surface area contributed by atoms with Crippen LogP contribution in [0.2, 0.25) is 5.02 Å². The molecular formula is C22H26ClN5. The van der Waals surface area contributed by atoms with E-state index in [-0.39, 0.29) is 0 Å². The van der Waals surface area contributed by atoms with Crippen molar-refractivity contribution < 1.29 is 0 Å². The average Bonchev–Trinajstić information content (AvgIpc) is 3.19. The maximum atomic E-state index is 6.30. The predicted molar refractivity (Wildman–Crippen MR) is 112 cm³/mol. The number of hydrogen-bond donors (Lipinski definition) is 0. The first kappa shape index (κ1) is 19.1. The summed E-state index contributed by atoms with van der Waals surface area (Å²) in [6.07, 6.45) is 4.81. The zero-order chi connectivity index (χ0) is 19.2. The van der Waals surface area contributed by atoms with Gasteiger partial charge in [0.05, 0.1) is 5.02 Å². The highest BCUT2D eigenvalue weighted by Crippen LogP contribution is 2.25. The van der Waals surface area contributed by atoms with Crippen molar-refractivity contribution in [2.45, 2.75) is 32.2 Å². The summed E-state index contributed by atoms with van der Waals surface area (Å²) in [6.45, 7) is 4.26. The van der Waals surface area contributed by atoms with Crippen LogP contribution in [0, 0.1) is 5.92 Å². The van der Waals surface area contributed by atoms with E-state index in [1.54, 1.807) is 0 Å². The third-order valence-electron chi connectivity index (χ3n) is 5.57. The van der Waals surface area contributed by atoms with E-state index in [0.717, 1.165) is 36.8 Å². The maximum absolute atomic E-state index is 6.30. The van der Waals surface area contributed by atoms with Crippen molar-refractivity contribution in [2.75, 3.05) is 19.6 Å². The molecule has 4 rings (SSSR count). The number of tetrazole rings is 1. The number of aromatic nitrogens is 4. The lowest BCUT2D eigenvalue weighted by Crippen LogP contribution is -2.35. The van der Waals surface area contributed by atoms with Gasteiger partial charge in [-0.15, -0.1) is 5.10 Å². The second kappa shape index (κ2) is 9.30. The molecule has 1 aliphatic heterocycles. The average molecular weight is 396 g/mol. The van der Waals surface area contributed by atoms with Gasteiger partial charge in [-0.25, -0.2) is 4.68 Å². The number of aryl methyl sites for hydroxylation is 1. The highest BCUT2D eigenvalue weighted by atomic mass is 35.5. The van der Waals surface area contributed by atoms with Crippen LogP contribution in [-0.2, 0) is 13.0 Å². The lowest BCUT2D eigenvalue weighted by Gasteiger charge is -2.32. The molecule has 5 nitrogen and oxygen atoms in total. The molecule has 0 unspecified atom stereocenters. The molecule has 0 atom stereocenters. The minimum Gasteiger partial charge on any atom is -0.303 e. The molecule has 1 aromatic heterocycles. The number of benzene rings is 2. The van der Waals surface area contributed by atoms with E-state index in [0.29, 0.717) is 5.02 Å². The molecule has 2 aromatic carbocycles. The molecule has 3 aromatic rings. The van der Waals surface area contributed by atoms with E-state index in [9.17, 15) is 0 Å². The van der Waals surface area contributed by atoms with Crippen LogP contribution >= 0.6 is 11.6 Å². The first-order valence-electron chi connectivity index (χ1n) is 10.1. The Labute approximate surface area is 171 Å². The van der Waals surface area contributed by atoms with Crippen LogP contribution in [0.15, 0.2) is 54.6 Å². The molecule has 0 spiro atoms. The largest absolute Gasteiger partial charge is 0.303 e. The number of hydrogen-bond acceptors (Lipinski definition) is 4. The van der Waals surface area contributed by atoms with Gasteiger partial charge < -0.3 is 4.90 Å². The van der Waals surface area contributed by atoms with Gasteiger partial charge in [0.2, 0.25) is 0 Å². The van der Waals surface area contributed by atoms with Gasteiger partial charge in [0.1, 0.15) is 0 Å². The Kier molecular flexibility index (Phi) is 6.34. The van der Waals surface area contributed by atoms with Crippen LogP contribution in [0.25, 0.3) is 11.4 Å². The second-order valence-corrected chi connectivity index (χ2v) is 7.94. The van der Waals surface area contributed by atoms with Crippen molar-refractivity contribution >= 4 is 11.6 Å². The van der Waals surface area contributed by atoms with Gasteiger partial charge in [-0.1, -0.05) is 54.1 Å². The lowest BCUT2D eigenvalue weighted by molar-refractivity contribution is 0.179. The first-order chi connectivity index (χ1) is 13.8. The predicted octanol–water partition coefficient (Wildman–Crippen LogP) is 4.34. The van der Waals surface area contributed by atoms with Crippen LogP contribution in [0.5, 0.6) is 0 Å². The van der Waals surface area contributed by atoms with Gasteiger partial charge in [0.15, 0.2) is 5.82 Å². The minimum atomic E-state index is 0.680. The van der Waals surface area contributed by atoms with E-state index < -0.39 is 0 Å². The highest BCUT2D eigenvalue weighted by molar-refractivity contribution is 6.33. The third kappa shape index (κ3) is 4.78. The molecule has 1 fully saturated rings. The fourth-order valence-electron chi connectivity index (χ4n) is 4.00. The van der Waals surface area contributed by atoms with Crippen LogP contribution in [-0.4, -0.2) is 44.7 Å². The quantitative estimate of drug-likeness (QED) is 0.597. The van der Waals surface area contributed by atoms with Gasteiger partial charge in [0, 0.05) is 12.1 Å². The van der Waals surface area contributed by atoms with Crippen molar-refractivity contribution in [3.8, 4) is 11.4 Å². The van der Waals surface area contributed by atoms with Gasteiger partial charge in [0.25, 0.3) is 0 Å². The van der Waals surface area contributed by atoms with Crippen LogP contribution < -0.4 is 0 Å². The number of piperidine rings is 1. The minimum absolute atomic E-state index is 0.680. The Morgan fingerprint density at radius 1 is 0.929 bits per heavy atom. The van der Waals surface area contributed by atoms with Crippen molar-refractivity contribution in [1.29, 1.82) is 0 Å². The van der Waals surface area contributed by atoms with Crippen LogP contribution in [0.3, 0.4) is 0 Å². The van der Waals surface area contributed by atoms with E-state index in [4.69, 9.17) is 11.6 Å². The molecular weight excluding hydrogens is 370 g/mol. The molecule has 0 saturated carbocycles. The highest BCUT2D eigenvalue weighted by Gasteiger charge is 2.19. The van der Waals surface area contributed by atoms with E-state index in [1.807, 2.05) is 28.9 Å². The van der Waals surface area contributed by atoms with Gasteiger partial charge in [-0.3, -0.25) is 0 Å². The molecule has 146 valence electrons. The molecule has 1 aliphatic rings. The van der Waals surface area contributed by atoms with Gasteiger partial charge in [-0.05, 0) is 79.4 Å². The van der Waals surface area contributed by atoms with E-state index >= 15 is 0 Å². The first-order valence-corrected chi connectivity index (χ1v) is 10.4. The summed E-state index contributed by atoms with van der Waals surface area (Å²) < 4.78 is 1.86. The molecule has 0 amide bonds. The molecule has 0 N–H and O–H groups in total. The summed E-state index contributed by atoms with van der Waals surface area (Å²) in [5.41, 5.74) is 2.35. The fraction of sp³-hybridized carbons (Fsp3) is 0.409.